The first-order chi connectivity index (χ1) is 6.93. The number of carbonyl (C=O) groups excluding carboxylic acids is 1. The molecule has 4 nitrogen and oxygen atoms in total. The van der Waals surface area contributed by atoms with Crippen LogP contribution in [-0.2, 0) is 7.05 Å². The van der Waals surface area contributed by atoms with Crippen molar-refractivity contribution in [3.8, 4) is 0 Å². The van der Waals surface area contributed by atoms with Gasteiger partial charge in [-0.2, -0.15) is 0 Å². The zero-order valence-electron chi connectivity index (χ0n) is 9.98. The fourth-order valence-corrected chi connectivity index (χ4v) is 1.39. The molecule has 0 aliphatic rings. The molecule has 1 heterocycles. The number of aryl methyl sites for hydroxylation is 1. The average Bonchev–Trinajstić information content (AvgIpc) is 2.15. The molecule has 0 saturated carbocycles. The van der Waals surface area contributed by atoms with E-state index in [1.165, 1.54) is 0 Å². The SMILES string of the molecule is CN(C)C(=O)c1c[n+](C)ccc1N(C)C. The summed E-state index contributed by atoms with van der Waals surface area (Å²) >= 11 is 0. The highest BCUT2D eigenvalue weighted by Crippen LogP contribution is 2.16. The molecule has 0 aromatic carbocycles. The predicted molar refractivity (Wildman–Crippen MR) is 60.0 cm³/mol. The Bertz CT molecular complexity index is 372. The first kappa shape index (κ1) is 11.5. The molecule has 82 valence electrons. The summed E-state index contributed by atoms with van der Waals surface area (Å²) in [5, 5.41) is 0. The zero-order valence-corrected chi connectivity index (χ0v) is 9.98. The van der Waals surface area contributed by atoms with Crippen LogP contribution in [0.3, 0.4) is 0 Å². The Morgan fingerprint density at radius 2 is 1.87 bits per heavy atom. The van der Waals surface area contributed by atoms with Crippen LogP contribution < -0.4 is 9.47 Å². The summed E-state index contributed by atoms with van der Waals surface area (Å²) < 4.78 is 1.88. The Hall–Kier alpha value is -1.58. The van der Waals surface area contributed by atoms with E-state index in [-0.39, 0.29) is 5.91 Å². The van der Waals surface area contributed by atoms with Crippen LogP contribution in [-0.4, -0.2) is 39.0 Å². The monoisotopic (exact) mass is 208 g/mol. The summed E-state index contributed by atoms with van der Waals surface area (Å²) in [5.41, 5.74) is 1.65. The van der Waals surface area contributed by atoms with Gasteiger partial charge in [-0.3, -0.25) is 4.79 Å². The largest absolute Gasteiger partial charge is 0.377 e. The van der Waals surface area contributed by atoms with Gasteiger partial charge in [-0.1, -0.05) is 0 Å². The van der Waals surface area contributed by atoms with Gasteiger partial charge in [0.25, 0.3) is 5.91 Å². The van der Waals surface area contributed by atoms with Gasteiger partial charge >= 0.3 is 0 Å². The van der Waals surface area contributed by atoms with Gasteiger partial charge < -0.3 is 9.80 Å². The van der Waals surface area contributed by atoms with E-state index in [1.807, 2.05) is 49.1 Å². The van der Waals surface area contributed by atoms with Crippen LogP contribution in [0.15, 0.2) is 18.5 Å². The minimum Gasteiger partial charge on any atom is -0.377 e. The summed E-state index contributed by atoms with van der Waals surface area (Å²) in [6.45, 7) is 0. The van der Waals surface area contributed by atoms with Crippen molar-refractivity contribution >= 4 is 11.6 Å². The quantitative estimate of drug-likeness (QED) is 0.653. The van der Waals surface area contributed by atoms with Crippen LogP contribution in [0.1, 0.15) is 10.4 Å². The standard InChI is InChI=1S/C11H18N3O/c1-12(2)10-6-7-14(5)8-9(10)11(15)13(3)4/h6-8H,1-5H3/q+1. The van der Waals surface area contributed by atoms with E-state index in [4.69, 9.17) is 0 Å². The zero-order chi connectivity index (χ0) is 11.6. The van der Waals surface area contributed by atoms with E-state index in [0.717, 1.165) is 11.3 Å². The van der Waals surface area contributed by atoms with Crippen LogP contribution in [0, 0.1) is 0 Å². The second kappa shape index (κ2) is 4.29. The number of hydrogen-bond donors (Lipinski definition) is 0. The summed E-state index contributed by atoms with van der Waals surface area (Å²) in [6, 6.07) is 1.94. The summed E-state index contributed by atoms with van der Waals surface area (Å²) in [5.74, 6) is 0.0231. The average molecular weight is 208 g/mol. The number of carbonyl (C=O) groups is 1. The maximum atomic E-state index is 11.9. The molecule has 1 amide bonds. The van der Waals surface area contributed by atoms with Crippen molar-refractivity contribution in [1.82, 2.24) is 4.90 Å². The summed E-state index contributed by atoms with van der Waals surface area (Å²) in [6.07, 6.45) is 3.78. The van der Waals surface area contributed by atoms with Crippen molar-refractivity contribution in [1.29, 1.82) is 0 Å². The molecule has 0 radical (unpaired) electrons. The Morgan fingerprint density at radius 3 is 2.33 bits per heavy atom. The molecule has 15 heavy (non-hydrogen) atoms. The lowest BCUT2D eigenvalue weighted by molar-refractivity contribution is -0.671. The highest BCUT2D eigenvalue weighted by Gasteiger charge is 2.18. The van der Waals surface area contributed by atoms with E-state index in [9.17, 15) is 4.79 Å². The number of nitrogens with zero attached hydrogens (tertiary/aromatic N) is 3. The maximum Gasteiger partial charge on any atom is 0.261 e. The highest BCUT2D eigenvalue weighted by atomic mass is 16.2. The molecule has 1 rings (SSSR count). The van der Waals surface area contributed by atoms with Crippen molar-refractivity contribution in [2.45, 2.75) is 0 Å². The van der Waals surface area contributed by atoms with Crippen molar-refractivity contribution in [2.24, 2.45) is 7.05 Å². The second-order valence-corrected chi connectivity index (χ2v) is 4.00. The number of aromatic nitrogens is 1. The molecule has 0 aliphatic heterocycles. The number of hydrogen-bond acceptors (Lipinski definition) is 2. The Balaban J connectivity index is 3.24. The van der Waals surface area contributed by atoms with Crippen LogP contribution in [0.25, 0.3) is 0 Å². The molecule has 0 bridgehead atoms. The Kier molecular flexibility index (Phi) is 3.29. The minimum atomic E-state index is 0.0231. The molecule has 4 heteroatoms. The molecule has 0 atom stereocenters. The van der Waals surface area contributed by atoms with Gasteiger partial charge in [-0.05, 0) is 0 Å². The molecule has 0 N–H and O–H groups in total. The van der Waals surface area contributed by atoms with E-state index in [1.54, 1.807) is 19.0 Å². The third kappa shape index (κ3) is 2.46. The normalized spacial score (nSPS) is 9.93. The lowest BCUT2D eigenvalue weighted by Crippen LogP contribution is -2.32. The van der Waals surface area contributed by atoms with Crippen LogP contribution in [0.4, 0.5) is 5.69 Å². The van der Waals surface area contributed by atoms with Gasteiger partial charge in [0.2, 0.25) is 0 Å². The van der Waals surface area contributed by atoms with Crippen LogP contribution in [0.2, 0.25) is 0 Å². The Morgan fingerprint density at radius 1 is 1.27 bits per heavy atom. The van der Waals surface area contributed by atoms with Crippen molar-refractivity contribution in [3.05, 3.63) is 24.0 Å². The third-order valence-electron chi connectivity index (χ3n) is 2.19. The van der Waals surface area contributed by atoms with E-state index < -0.39 is 0 Å². The molecule has 0 aliphatic carbocycles. The molecule has 0 fully saturated rings. The number of anilines is 1. The van der Waals surface area contributed by atoms with Gasteiger partial charge in [0, 0.05) is 34.3 Å². The molecule has 0 unspecified atom stereocenters. The van der Waals surface area contributed by atoms with Gasteiger partial charge in [0.15, 0.2) is 12.4 Å². The number of rotatable bonds is 2. The molecule has 0 spiro atoms. The maximum absolute atomic E-state index is 11.9. The summed E-state index contributed by atoms with van der Waals surface area (Å²) in [4.78, 5) is 15.4. The fourth-order valence-electron chi connectivity index (χ4n) is 1.39. The third-order valence-corrected chi connectivity index (χ3v) is 2.19. The minimum absolute atomic E-state index is 0.0231. The predicted octanol–water partition coefficient (Wildman–Crippen LogP) is 0.279. The lowest BCUT2D eigenvalue weighted by Gasteiger charge is -2.17. The first-order valence-electron chi connectivity index (χ1n) is 4.81. The molecular weight excluding hydrogens is 190 g/mol. The van der Waals surface area contributed by atoms with Crippen LogP contribution >= 0.6 is 0 Å². The van der Waals surface area contributed by atoms with Crippen molar-refractivity contribution in [3.63, 3.8) is 0 Å². The van der Waals surface area contributed by atoms with Crippen LogP contribution in [0.5, 0.6) is 0 Å². The second-order valence-electron chi connectivity index (χ2n) is 4.00. The van der Waals surface area contributed by atoms with E-state index in [0.29, 0.717) is 0 Å². The van der Waals surface area contributed by atoms with Gasteiger partial charge in [0.1, 0.15) is 12.6 Å². The lowest BCUT2D eigenvalue weighted by atomic mass is 10.2. The molecule has 1 aromatic rings. The number of amides is 1. The molecule has 1 aromatic heterocycles. The Labute approximate surface area is 90.7 Å². The smallest absolute Gasteiger partial charge is 0.261 e. The van der Waals surface area contributed by atoms with Gasteiger partial charge in [-0.25, -0.2) is 4.57 Å². The number of pyridine rings is 1. The van der Waals surface area contributed by atoms with E-state index >= 15 is 0 Å². The fraction of sp³-hybridized carbons (Fsp3) is 0.455. The molecular formula is C11H18N3O+. The highest BCUT2D eigenvalue weighted by molar-refractivity contribution is 5.98. The topological polar surface area (TPSA) is 27.4 Å². The summed E-state index contributed by atoms with van der Waals surface area (Å²) in [7, 11) is 9.29. The molecule has 0 saturated heterocycles. The van der Waals surface area contributed by atoms with Gasteiger partial charge in [0.05, 0.1) is 5.69 Å². The first-order valence-corrected chi connectivity index (χ1v) is 4.81. The van der Waals surface area contributed by atoms with Crippen molar-refractivity contribution in [2.75, 3.05) is 33.1 Å². The van der Waals surface area contributed by atoms with E-state index in [2.05, 4.69) is 0 Å². The van der Waals surface area contributed by atoms with Crippen molar-refractivity contribution < 1.29 is 9.36 Å². The van der Waals surface area contributed by atoms with Gasteiger partial charge in [-0.15, -0.1) is 0 Å².